The van der Waals surface area contributed by atoms with Crippen LogP contribution < -0.4 is 0 Å². The lowest BCUT2D eigenvalue weighted by atomic mass is 9.76. The fraction of sp³-hybridized carbons (Fsp3) is 0.296. The van der Waals surface area contributed by atoms with E-state index in [9.17, 15) is 0 Å². The highest BCUT2D eigenvalue weighted by Crippen LogP contribution is 2.45. The monoisotopic (exact) mass is 732 g/mol. The van der Waals surface area contributed by atoms with Crippen molar-refractivity contribution in [2.45, 2.75) is 105 Å². The molecule has 1 heterocycles. The molecule has 9 rings (SSSR count). The van der Waals surface area contributed by atoms with Crippen LogP contribution in [0.5, 0.6) is 0 Å². The first kappa shape index (κ1) is 37.6. The Morgan fingerprint density at radius 1 is 0.571 bits per heavy atom. The molecule has 0 amide bonds. The maximum atomic E-state index is 5.30. The van der Waals surface area contributed by atoms with Gasteiger partial charge in [-0.15, -0.1) is 0 Å². The molecule has 2 aliphatic carbocycles. The Hall–Kier alpha value is -5.34. The van der Waals surface area contributed by atoms with Crippen molar-refractivity contribution in [3.05, 3.63) is 166 Å². The summed E-state index contributed by atoms with van der Waals surface area (Å²) in [5.41, 5.74) is 23.4. The first-order valence-corrected chi connectivity index (χ1v) is 20.6. The lowest BCUT2D eigenvalue weighted by Crippen LogP contribution is -2.14. The lowest BCUT2D eigenvalue weighted by molar-refractivity contribution is 0.588. The van der Waals surface area contributed by atoms with Crippen LogP contribution in [0.3, 0.4) is 0 Å². The SMILES string of the molecule is CCCc1cnc2c(-c3ccc4c(c3)C(C)Cc3cc(C(C)(C)C)ccc3-4)ccc(-c3ccc4c(c3)Cc3cc(C(C)(C)C)ccc3-4)c2n1.Cc1ccccc1. The summed E-state index contributed by atoms with van der Waals surface area (Å²) in [5, 5.41) is 0. The second kappa shape index (κ2) is 14.6. The van der Waals surface area contributed by atoms with E-state index in [4.69, 9.17) is 9.97 Å². The smallest absolute Gasteiger partial charge is 0.0974 e. The van der Waals surface area contributed by atoms with Crippen LogP contribution >= 0.6 is 0 Å². The molecular formula is C54H56N2. The molecule has 0 fully saturated rings. The van der Waals surface area contributed by atoms with Gasteiger partial charge in [0, 0.05) is 17.3 Å². The van der Waals surface area contributed by atoms with Crippen LogP contribution in [0, 0.1) is 6.92 Å². The highest BCUT2D eigenvalue weighted by molar-refractivity contribution is 6.01. The van der Waals surface area contributed by atoms with Gasteiger partial charge < -0.3 is 0 Å². The molecular weight excluding hydrogens is 677 g/mol. The molecule has 0 spiro atoms. The Bertz CT molecular complexity index is 2580. The second-order valence-corrected chi connectivity index (χ2v) is 18.3. The predicted molar refractivity (Wildman–Crippen MR) is 239 cm³/mol. The third-order valence-corrected chi connectivity index (χ3v) is 11.9. The molecule has 1 atom stereocenters. The Morgan fingerprint density at radius 2 is 1.11 bits per heavy atom. The van der Waals surface area contributed by atoms with E-state index in [0.717, 1.165) is 53.5 Å². The number of hydrogen-bond donors (Lipinski definition) is 0. The van der Waals surface area contributed by atoms with Crippen LogP contribution in [0.1, 0.15) is 112 Å². The zero-order valence-electron chi connectivity index (χ0n) is 34.8. The van der Waals surface area contributed by atoms with Gasteiger partial charge >= 0.3 is 0 Å². The van der Waals surface area contributed by atoms with Gasteiger partial charge in [0.05, 0.1) is 16.7 Å². The van der Waals surface area contributed by atoms with Gasteiger partial charge in [-0.2, -0.15) is 0 Å². The van der Waals surface area contributed by atoms with E-state index in [1.165, 1.54) is 72.3 Å². The van der Waals surface area contributed by atoms with E-state index in [2.05, 4.69) is 159 Å². The van der Waals surface area contributed by atoms with Crippen molar-refractivity contribution in [1.82, 2.24) is 9.97 Å². The number of benzene rings is 6. The van der Waals surface area contributed by atoms with Crippen molar-refractivity contribution in [1.29, 1.82) is 0 Å². The minimum absolute atomic E-state index is 0.140. The molecule has 0 aliphatic heterocycles. The summed E-state index contributed by atoms with van der Waals surface area (Å²) >= 11 is 0. The Kier molecular flexibility index (Phi) is 9.82. The van der Waals surface area contributed by atoms with Gasteiger partial charge in [-0.25, -0.2) is 4.98 Å². The van der Waals surface area contributed by atoms with E-state index in [-0.39, 0.29) is 10.8 Å². The molecule has 0 radical (unpaired) electrons. The summed E-state index contributed by atoms with van der Waals surface area (Å²) in [4.78, 5) is 10.4. The van der Waals surface area contributed by atoms with Gasteiger partial charge in [0.2, 0.25) is 0 Å². The number of aromatic nitrogens is 2. The van der Waals surface area contributed by atoms with Crippen LogP contribution in [-0.2, 0) is 30.1 Å². The van der Waals surface area contributed by atoms with E-state index in [1.807, 2.05) is 24.4 Å². The molecule has 0 N–H and O–H groups in total. The third kappa shape index (κ3) is 7.23. The molecule has 2 nitrogen and oxygen atoms in total. The van der Waals surface area contributed by atoms with Crippen molar-refractivity contribution in [2.24, 2.45) is 0 Å². The zero-order valence-corrected chi connectivity index (χ0v) is 34.8. The van der Waals surface area contributed by atoms with Crippen molar-refractivity contribution in [2.75, 3.05) is 0 Å². The van der Waals surface area contributed by atoms with Gasteiger partial charge in [0.15, 0.2) is 0 Å². The van der Waals surface area contributed by atoms with Crippen LogP contribution in [-0.4, -0.2) is 9.97 Å². The van der Waals surface area contributed by atoms with Gasteiger partial charge in [0.1, 0.15) is 0 Å². The van der Waals surface area contributed by atoms with Gasteiger partial charge in [-0.05, 0) is 110 Å². The minimum Gasteiger partial charge on any atom is -0.252 e. The first-order valence-electron chi connectivity index (χ1n) is 20.6. The molecule has 1 aromatic heterocycles. The molecule has 0 saturated heterocycles. The molecule has 1 unspecified atom stereocenters. The number of rotatable bonds is 4. The molecule has 7 aromatic rings. The number of hydrogen-bond acceptors (Lipinski definition) is 2. The van der Waals surface area contributed by atoms with Gasteiger partial charge in [0.25, 0.3) is 0 Å². The predicted octanol–water partition coefficient (Wildman–Crippen LogP) is 14.4. The molecule has 6 aromatic carbocycles. The van der Waals surface area contributed by atoms with E-state index < -0.39 is 0 Å². The summed E-state index contributed by atoms with van der Waals surface area (Å²) < 4.78 is 0. The lowest BCUT2D eigenvalue weighted by Gasteiger charge is -2.28. The van der Waals surface area contributed by atoms with Crippen molar-refractivity contribution >= 4 is 11.0 Å². The quantitative estimate of drug-likeness (QED) is 0.180. The number of fused-ring (bicyclic) bond motifs is 7. The highest BCUT2D eigenvalue weighted by Gasteiger charge is 2.26. The number of aryl methyl sites for hydroxylation is 2. The number of nitrogens with zero attached hydrogens (tertiary/aromatic N) is 2. The van der Waals surface area contributed by atoms with Crippen LogP contribution in [0.15, 0.2) is 121 Å². The fourth-order valence-electron chi connectivity index (χ4n) is 8.67. The van der Waals surface area contributed by atoms with Crippen LogP contribution in [0.2, 0.25) is 0 Å². The second-order valence-electron chi connectivity index (χ2n) is 18.3. The third-order valence-electron chi connectivity index (χ3n) is 11.9. The Labute approximate surface area is 335 Å². The van der Waals surface area contributed by atoms with Crippen molar-refractivity contribution in [3.8, 4) is 44.5 Å². The van der Waals surface area contributed by atoms with E-state index in [1.54, 1.807) is 0 Å². The molecule has 0 bridgehead atoms. The normalized spacial score (nSPS) is 14.3. The molecule has 2 aliphatic rings. The maximum Gasteiger partial charge on any atom is 0.0974 e. The Balaban J connectivity index is 0.000000570. The van der Waals surface area contributed by atoms with Crippen LogP contribution in [0.4, 0.5) is 0 Å². The first-order chi connectivity index (χ1) is 26.8. The fourth-order valence-corrected chi connectivity index (χ4v) is 8.67. The molecule has 0 saturated carbocycles. The highest BCUT2D eigenvalue weighted by atomic mass is 14.8. The minimum atomic E-state index is 0.140. The summed E-state index contributed by atoms with van der Waals surface area (Å²) in [6.45, 7) is 20.5. The van der Waals surface area contributed by atoms with Gasteiger partial charge in [-0.3, -0.25) is 4.98 Å². The maximum absolute atomic E-state index is 5.30. The standard InChI is InChI=1S/C47H48N2.C7H8/c1-9-10-36-27-48-44-40(30-12-16-42-39-18-14-34(46(3,4)5)24-31(39)21-28(2)43(42)26-30)19-20-41(45(44)49-36)29-11-15-37-32(22-29)23-33-25-35(47(6,7)8)13-17-38(33)37;1-7-5-3-2-4-6-7/h11-20,22,24-28H,9-10,21,23H2,1-8H3;2-6H,1H3. The van der Waals surface area contributed by atoms with E-state index >= 15 is 0 Å². The summed E-state index contributed by atoms with van der Waals surface area (Å²) in [7, 11) is 0. The van der Waals surface area contributed by atoms with Crippen molar-refractivity contribution in [3.63, 3.8) is 0 Å². The molecule has 2 heteroatoms. The van der Waals surface area contributed by atoms with Crippen LogP contribution in [0.25, 0.3) is 55.5 Å². The topological polar surface area (TPSA) is 25.8 Å². The average molecular weight is 733 g/mol. The van der Waals surface area contributed by atoms with E-state index in [0.29, 0.717) is 5.92 Å². The molecule has 56 heavy (non-hydrogen) atoms. The summed E-state index contributed by atoms with van der Waals surface area (Å²) in [5.74, 6) is 0.445. The summed E-state index contributed by atoms with van der Waals surface area (Å²) in [6, 6.07) is 43.1. The van der Waals surface area contributed by atoms with Crippen molar-refractivity contribution < 1.29 is 0 Å². The molecule has 282 valence electrons. The summed E-state index contributed by atoms with van der Waals surface area (Å²) in [6.07, 6.45) is 6.00. The largest absolute Gasteiger partial charge is 0.252 e. The zero-order chi connectivity index (χ0) is 39.4. The Morgan fingerprint density at radius 3 is 1.71 bits per heavy atom. The average Bonchev–Trinajstić information content (AvgIpc) is 3.54. The van der Waals surface area contributed by atoms with Gasteiger partial charge in [-0.1, -0.05) is 183 Å².